The van der Waals surface area contributed by atoms with Crippen molar-refractivity contribution in [2.75, 3.05) is 39.3 Å². The van der Waals surface area contributed by atoms with Gasteiger partial charge in [0.1, 0.15) is 13.1 Å². The molecule has 0 amide bonds. The lowest BCUT2D eigenvalue weighted by Gasteiger charge is -2.38. The van der Waals surface area contributed by atoms with Gasteiger partial charge in [-0.3, -0.25) is 27.9 Å². The first-order chi connectivity index (χ1) is 30.1. The first kappa shape index (κ1) is 48.7. The SMILES string of the molecule is CC[N+]1(Cc2ccccc2)CCCCCCn2c(C)cc(=O)n(c2=O)CCCCCC[N+](CC)(Cc2ccccc2)CCCCCCn2c(C)cc(=O)n(c2=O)CCCCCC1. The van der Waals surface area contributed by atoms with Gasteiger partial charge in [-0.25, -0.2) is 9.59 Å². The minimum atomic E-state index is -0.177. The lowest BCUT2D eigenvalue weighted by Crippen LogP contribution is -2.48. The summed E-state index contributed by atoms with van der Waals surface area (Å²) in [6.07, 6.45) is 16.4. The summed E-state index contributed by atoms with van der Waals surface area (Å²) in [7, 11) is 0. The normalized spacial score (nSPS) is 21.6. The Balaban J connectivity index is 1.28. The van der Waals surface area contributed by atoms with Gasteiger partial charge in [0.25, 0.3) is 11.1 Å². The molecule has 4 bridgehead atoms. The zero-order valence-corrected chi connectivity index (χ0v) is 39.0. The Bertz CT molecular complexity index is 2020. The Morgan fingerprint density at radius 3 is 1.00 bits per heavy atom. The number of rotatable bonds is 6. The molecule has 340 valence electrons. The predicted molar refractivity (Wildman–Crippen MR) is 255 cm³/mol. The van der Waals surface area contributed by atoms with Crippen molar-refractivity contribution < 1.29 is 8.97 Å². The number of quaternary nitrogens is 2. The molecule has 0 fully saturated rings. The fraction of sp³-hybridized carbons (Fsp3) is 0.615. The molecule has 10 heteroatoms. The maximum atomic E-state index is 13.7. The van der Waals surface area contributed by atoms with Crippen LogP contribution in [0.4, 0.5) is 0 Å². The molecule has 2 unspecified atom stereocenters. The molecule has 0 N–H and O–H groups in total. The topological polar surface area (TPSA) is 88.0 Å². The van der Waals surface area contributed by atoms with Gasteiger partial charge < -0.3 is 8.97 Å². The van der Waals surface area contributed by atoms with E-state index in [0.29, 0.717) is 26.2 Å². The number of aryl methyl sites for hydroxylation is 2. The monoisotopic (exact) mass is 853 g/mol. The summed E-state index contributed by atoms with van der Waals surface area (Å²) < 4.78 is 8.69. The van der Waals surface area contributed by atoms with E-state index in [1.807, 2.05) is 23.0 Å². The average molecular weight is 853 g/mol. The highest BCUT2D eigenvalue weighted by atomic mass is 16.2. The average Bonchev–Trinajstić information content (AvgIpc) is 3.26. The molecule has 4 aromatic rings. The number of fused-ring (bicyclic) bond motifs is 4. The summed E-state index contributed by atoms with van der Waals surface area (Å²) in [5.74, 6) is 0. The molecule has 1 aliphatic rings. The highest BCUT2D eigenvalue weighted by molar-refractivity contribution is 5.14. The fourth-order valence-electron chi connectivity index (χ4n) is 10.0. The number of hydrogen-bond donors (Lipinski definition) is 0. The number of nitrogens with zero attached hydrogens (tertiary/aromatic N) is 6. The Labute approximate surface area is 372 Å². The van der Waals surface area contributed by atoms with E-state index in [9.17, 15) is 19.2 Å². The van der Waals surface area contributed by atoms with Crippen LogP contribution in [-0.4, -0.2) is 66.5 Å². The molecular formula is C52H80N6O4+2. The molecule has 2 aromatic heterocycles. The van der Waals surface area contributed by atoms with Gasteiger partial charge in [-0.15, -0.1) is 0 Å². The van der Waals surface area contributed by atoms with Gasteiger partial charge in [0, 0.05) is 60.8 Å². The van der Waals surface area contributed by atoms with Crippen LogP contribution in [0.1, 0.15) is 139 Å². The van der Waals surface area contributed by atoms with Gasteiger partial charge in [-0.2, -0.15) is 0 Å². The van der Waals surface area contributed by atoms with Crippen LogP contribution >= 0.6 is 0 Å². The number of hydrogen-bond acceptors (Lipinski definition) is 4. The summed E-state index contributed by atoms with van der Waals surface area (Å²) in [4.78, 5) is 53.5. The van der Waals surface area contributed by atoms with Crippen molar-refractivity contribution in [2.45, 2.75) is 170 Å². The highest BCUT2D eigenvalue weighted by Gasteiger charge is 2.26. The molecule has 2 aromatic carbocycles. The van der Waals surface area contributed by atoms with Crippen LogP contribution in [-0.2, 0) is 39.3 Å². The third-order valence-electron chi connectivity index (χ3n) is 14.1. The number of aromatic nitrogens is 4. The maximum Gasteiger partial charge on any atom is 0.331 e. The molecule has 0 saturated carbocycles. The van der Waals surface area contributed by atoms with Gasteiger partial charge in [-0.1, -0.05) is 86.3 Å². The van der Waals surface area contributed by atoms with Crippen molar-refractivity contribution in [3.63, 3.8) is 0 Å². The van der Waals surface area contributed by atoms with E-state index in [1.54, 1.807) is 12.1 Å². The second-order valence-electron chi connectivity index (χ2n) is 18.6. The van der Waals surface area contributed by atoms with E-state index in [4.69, 9.17) is 0 Å². The first-order valence-corrected chi connectivity index (χ1v) is 24.5. The van der Waals surface area contributed by atoms with Crippen molar-refractivity contribution in [1.29, 1.82) is 0 Å². The third-order valence-corrected chi connectivity index (χ3v) is 14.1. The van der Waals surface area contributed by atoms with E-state index >= 15 is 0 Å². The van der Waals surface area contributed by atoms with E-state index < -0.39 is 0 Å². The summed E-state index contributed by atoms with van der Waals surface area (Å²) in [5, 5.41) is 0. The summed E-state index contributed by atoms with van der Waals surface area (Å²) in [5.41, 5.74) is 3.59. The van der Waals surface area contributed by atoms with Crippen LogP contribution in [0, 0.1) is 13.8 Å². The summed E-state index contributed by atoms with van der Waals surface area (Å²) in [6, 6.07) is 25.0. The van der Waals surface area contributed by atoms with E-state index in [2.05, 4.69) is 74.5 Å². The van der Waals surface area contributed by atoms with Gasteiger partial charge >= 0.3 is 11.4 Å². The molecule has 62 heavy (non-hydrogen) atoms. The Kier molecular flexibility index (Phi) is 19.8. The van der Waals surface area contributed by atoms with E-state index in [0.717, 1.165) is 175 Å². The van der Waals surface area contributed by atoms with Crippen molar-refractivity contribution in [2.24, 2.45) is 0 Å². The van der Waals surface area contributed by atoms with Crippen molar-refractivity contribution in [3.8, 4) is 0 Å². The third kappa shape index (κ3) is 14.4. The standard InChI is InChI=1S/C52H80N6O4/c1-5-57(43-47-29-17-15-18-30-47)37-25-11-7-21-33-53-45(3)41-50(60)56(51(53)61)36-24-10-14-28-40-58(6-2,44-48-31-19-16-20-32-48)38-26-12-8-22-34-54-46(4)42-49(59)55(52(54)62)35-23-9-13-27-39-57/h15-20,29-32,41-42H,5-14,21-28,33-40,43-44H2,1-4H3/q+2. The van der Waals surface area contributed by atoms with Crippen LogP contribution in [0.2, 0.25) is 0 Å². The van der Waals surface area contributed by atoms with Gasteiger partial charge in [0.15, 0.2) is 0 Å². The lowest BCUT2D eigenvalue weighted by molar-refractivity contribution is -0.939. The van der Waals surface area contributed by atoms with E-state index in [-0.39, 0.29) is 22.5 Å². The Morgan fingerprint density at radius 1 is 0.403 bits per heavy atom. The Hall–Kier alpha value is -4.28. The minimum Gasteiger partial charge on any atom is -0.320 e. The molecule has 5 rings (SSSR count). The molecule has 0 aliphatic carbocycles. The summed E-state index contributed by atoms with van der Waals surface area (Å²) >= 11 is 0. The van der Waals surface area contributed by atoms with Crippen LogP contribution < -0.4 is 22.5 Å². The second kappa shape index (κ2) is 25.1. The number of benzene rings is 2. The smallest absolute Gasteiger partial charge is 0.320 e. The quantitative estimate of drug-likeness (QED) is 0.181. The first-order valence-electron chi connectivity index (χ1n) is 24.5. The van der Waals surface area contributed by atoms with Gasteiger partial charge in [-0.05, 0) is 105 Å². The molecule has 0 spiro atoms. The van der Waals surface area contributed by atoms with Crippen molar-refractivity contribution >= 4 is 0 Å². The highest BCUT2D eigenvalue weighted by Crippen LogP contribution is 2.22. The molecule has 1 aliphatic heterocycles. The minimum absolute atomic E-state index is 0.155. The lowest BCUT2D eigenvalue weighted by atomic mass is 10.1. The summed E-state index contributed by atoms with van der Waals surface area (Å²) in [6.45, 7) is 19.2. The van der Waals surface area contributed by atoms with Crippen LogP contribution in [0.5, 0.6) is 0 Å². The Morgan fingerprint density at radius 2 is 0.694 bits per heavy atom. The zero-order valence-electron chi connectivity index (χ0n) is 39.0. The van der Waals surface area contributed by atoms with E-state index in [1.165, 1.54) is 20.3 Å². The fourth-order valence-corrected chi connectivity index (χ4v) is 10.0. The van der Waals surface area contributed by atoms with Crippen LogP contribution in [0.3, 0.4) is 0 Å². The predicted octanol–water partition coefficient (Wildman–Crippen LogP) is 8.98. The molecule has 10 nitrogen and oxygen atoms in total. The molecule has 2 atom stereocenters. The molecular weight excluding hydrogens is 773 g/mol. The van der Waals surface area contributed by atoms with Gasteiger partial charge in [0.2, 0.25) is 0 Å². The molecule has 3 heterocycles. The molecule has 0 saturated heterocycles. The molecule has 0 radical (unpaired) electrons. The largest absolute Gasteiger partial charge is 0.331 e. The maximum absolute atomic E-state index is 13.7. The van der Waals surface area contributed by atoms with Crippen LogP contribution in [0.25, 0.3) is 0 Å². The van der Waals surface area contributed by atoms with Crippen molar-refractivity contribution in [1.82, 2.24) is 18.3 Å². The van der Waals surface area contributed by atoms with Gasteiger partial charge in [0.05, 0.1) is 39.3 Å². The van der Waals surface area contributed by atoms with Crippen LogP contribution in [0.15, 0.2) is 92.0 Å². The second-order valence-corrected chi connectivity index (χ2v) is 18.6. The van der Waals surface area contributed by atoms with Crippen molar-refractivity contribution in [3.05, 3.63) is 137 Å². The zero-order chi connectivity index (χ0) is 44.2.